The molecule has 0 aromatic heterocycles. The maximum atomic E-state index is 13.0. The van der Waals surface area contributed by atoms with Crippen LogP contribution in [-0.2, 0) is 10.0 Å². The van der Waals surface area contributed by atoms with Crippen molar-refractivity contribution in [2.75, 3.05) is 13.1 Å². The highest BCUT2D eigenvalue weighted by molar-refractivity contribution is 7.89. The Hall–Kier alpha value is -0.910. The molecule has 0 spiro atoms. The van der Waals surface area contributed by atoms with E-state index in [2.05, 4.69) is 0 Å². The molecule has 0 amide bonds. The molecule has 0 radical (unpaired) electrons. The second-order valence-electron chi connectivity index (χ2n) is 5.82. The van der Waals surface area contributed by atoms with E-state index in [1.165, 1.54) is 0 Å². The van der Waals surface area contributed by atoms with E-state index in [1.807, 2.05) is 26.0 Å². The SMILES string of the molecule is CCN(C1CCCCC1CN)S(=O)(=O)c1ccccc1C. The number of nitrogens with zero attached hydrogens (tertiary/aromatic N) is 1. The molecule has 4 nitrogen and oxygen atoms in total. The first-order chi connectivity index (χ1) is 10.0. The van der Waals surface area contributed by atoms with Gasteiger partial charge in [-0.1, -0.05) is 38.0 Å². The summed E-state index contributed by atoms with van der Waals surface area (Å²) in [5.41, 5.74) is 6.68. The van der Waals surface area contributed by atoms with Crippen LogP contribution < -0.4 is 5.73 Å². The Morgan fingerprint density at radius 1 is 1.24 bits per heavy atom. The lowest BCUT2D eigenvalue weighted by Gasteiger charge is -2.38. The van der Waals surface area contributed by atoms with Gasteiger partial charge in [-0.2, -0.15) is 4.31 Å². The number of nitrogens with two attached hydrogens (primary N) is 1. The number of sulfonamides is 1. The zero-order chi connectivity index (χ0) is 15.5. The largest absolute Gasteiger partial charge is 0.330 e. The highest BCUT2D eigenvalue weighted by Gasteiger charge is 2.36. The minimum absolute atomic E-state index is 0.0401. The Morgan fingerprint density at radius 3 is 2.52 bits per heavy atom. The molecule has 1 saturated carbocycles. The van der Waals surface area contributed by atoms with E-state index in [0.29, 0.717) is 18.0 Å². The van der Waals surface area contributed by atoms with Gasteiger partial charge in [0.05, 0.1) is 4.90 Å². The number of aryl methyl sites for hydroxylation is 1. The average molecular weight is 310 g/mol. The zero-order valence-corrected chi connectivity index (χ0v) is 13.8. The van der Waals surface area contributed by atoms with Gasteiger partial charge >= 0.3 is 0 Å². The first-order valence-corrected chi connectivity index (χ1v) is 9.24. The van der Waals surface area contributed by atoms with Crippen molar-refractivity contribution in [2.24, 2.45) is 11.7 Å². The number of hydrogen-bond acceptors (Lipinski definition) is 3. The molecule has 2 unspecified atom stereocenters. The molecular weight excluding hydrogens is 284 g/mol. The van der Waals surface area contributed by atoms with E-state index < -0.39 is 10.0 Å². The molecule has 5 heteroatoms. The summed E-state index contributed by atoms with van der Waals surface area (Å²) in [5.74, 6) is 0.275. The molecule has 1 fully saturated rings. The van der Waals surface area contributed by atoms with Crippen LogP contribution in [-0.4, -0.2) is 31.9 Å². The zero-order valence-electron chi connectivity index (χ0n) is 13.0. The Morgan fingerprint density at radius 2 is 1.90 bits per heavy atom. The second kappa shape index (κ2) is 6.90. The van der Waals surface area contributed by atoms with Crippen LogP contribution in [0.5, 0.6) is 0 Å². The van der Waals surface area contributed by atoms with Crippen molar-refractivity contribution in [3.8, 4) is 0 Å². The van der Waals surface area contributed by atoms with Crippen LogP contribution >= 0.6 is 0 Å². The monoisotopic (exact) mass is 310 g/mol. The quantitative estimate of drug-likeness (QED) is 0.909. The standard InChI is InChI=1S/C16H26N2O2S/c1-3-18(15-10-6-5-9-14(15)12-17)21(19,20)16-11-7-4-8-13(16)2/h4,7-8,11,14-15H,3,5-6,9-10,12,17H2,1-2H3. The molecule has 1 aromatic carbocycles. The van der Waals surface area contributed by atoms with E-state index >= 15 is 0 Å². The van der Waals surface area contributed by atoms with E-state index in [0.717, 1.165) is 31.2 Å². The van der Waals surface area contributed by atoms with E-state index in [4.69, 9.17) is 5.73 Å². The summed E-state index contributed by atoms with van der Waals surface area (Å²) in [7, 11) is -3.45. The third-order valence-corrected chi connectivity index (χ3v) is 6.69. The van der Waals surface area contributed by atoms with Gasteiger partial charge < -0.3 is 5.73 Å². The molecule has 0 bridgehead atoms. The second-order valence-corrected chi connectivity index (χ2v) is 7.68. The van der Waals surface area contributed by atoms with Crippen LogP contribution in [0.25, 0.3) is 0 Å². The minimum atomic E-state index is -3.45. The van der Waals surface area contributed by atoms with Gasteiger partial charge in [-0.25, -0.2) is 8.42 Å². The van der Waals surface area contributed by atoms with Crippen LogP contribution in [0, 0.1) is 12.8 Å². The first kappa shape index (κ1) is 16.5. The maximum absolute atomic E-state index is 13.0. The summed E-state index contributed by atoms with van der Waals surface area (Å²) in [5, 5.41) is 0. The lowest BCUT2D eigenvalue weighted by atomic mass is 9.84. The third kappa shape index (κ3) is 3.30. The fourth-order valence-corrected chi connectivity index (χ4v) is 5.35. The van der Waals surface area contributed by atoms with Crippen molar-refractivity contribution in [3.63, 3.8) is 0 Å². The molecule has 118 valence electrons. The molecule has 2 N–H and O–H groups in total. The van der Waals surface area contributed by atoms with Gasteiger partial charge in [-0.15, -0.1) is 0 Å². The molecule has 0 aliphatic heterocycles. The Balaban J connectivity index is 2.38. The van der Waals surface area contributed by atoms with E-state index in [9.17, 15) is 8.42 Å². The molecule has 2 rings (SSSR count). The van der Waals surface area contributed by atoms with Crippen molar-refractivity contribution in [2.45, 2.75) is 50.5 Å². The van der Waals surface area contributed by atoms with Crippen LogP contribution in [0.1, 0.15) is 38.2 Å². The van der Waals surface area contributed by atoms with Crippen molar-refractivity contribution >= 4 is 10.0 Å². The molecule has 21 heavy (non-hydrogen) atoms. The van der Waals surface area contributed by atoms with Crippen molar-refractivity contribution < 1.29 is 8.42 Å². The Kier molecular flexibility index (Phi) is 5.41. The Labute approximate surface area is 128 Å². The van der Waals surface area contributed by atoms with Gasteiger partial charge in [-0.05, 0) is 43.9 Å². The van der Waals surface area contributed by atoms with E-state index in [1.54, 1.807) is 16.4 Å². The predicted octanol–water partition coefficient (Wildman–Crippen LogP) is 2.52. The van der Waals surface area contributed by atoms with Crippen LogP contribution in [0.15, 0.2) is 29.2 Å². The van der Waals surface area contributed by atoms with Crippen LogP contribution in [0.4, 0.5) is 0 Å². The van der Waals surface area contributed by atoms with Crippen LogP contribution in [0.3, 0.4) is 0 Å². The van der Waals surface area contributed by atoms with Crippen LogP contribution in [0.2, 0.25) is 0 Å². The molecular formula is C16H26N2O2S. The van der Waals surface area contributed by atoms with Gasteiger partial charge in [0, 0.05) is 12.6 Å². The number of benzene rings is 1. The molecule has 2 atom stereocenters. The maximum Gasteiger partial charge on any atom is 0.243 e. The van der Waals surface area contributed by atoms with Gasteiger partial charge in [0.2, 0.25) is 10.0 Å². The third-order valence-electron chi connectivity index (χ3n) is 4.53. The minimum Gasteiger partial charge on any atom is -0.330 e. The average Bonchev–Trinajstić information content (AvgIpc) is 2.48. The first-order valence-electron chi connectivity index (χ1n) is 7.80. The molecule has 1 aromatic rings. The molecule has 1 aliphatic rings. The molecule has 0 heterocycles. The smallest absolute Gasteiger partial charge is 0.243 e. The fourth-order valence-electron chi connectivity index (χ4n) is 3.40. The van der Waals surface area contributed by atoms with Gasteiger partial charge in [0.1, 0.15) is 0 Å². The lowest BCUT2D eigenvalue weighted by Crippen LogP contribution is -2.48. The van der Waals surface area contributed by atoms with E-state index in [-0.39, 0.29) is 12.0 Å². The predicted molar refractivity (Wildman–Crippen MR) is 85.5 cm³/mol. The van der Waals surface area contributed by atoms with Crippen molar-refractivity contribution in [3.05, 3.63) is 29.8 Å². The normalized spacial score (nSPS) is 23.4. The van der Waals surface area contributed by atoms with Crippen molar-refractivity contribution in [1.82, 2.24) is 4.31 Å². The lowest BCUT2D eigenvalue weighted by molar-refractivity contribution is 0.187. The highest BCUT2D eigenvalue weighted by Crippen LogP contribution is 2.32. The topological polar surface area (TPSA) is 63.4 Å². The van der Waals surface area contributed by atoms with Crippen molar-refractivity contribution in [1.29, 1.82) is 0 Å². The summed E-state index contributed by atoms with van der Waals surface area (Å²) < 4.78 is 27.7. The fraction of sp³-hybridized carbons (Fsp3) is 0.625. The van der Waals surface area contributed by atoms with Gasteiger partial charge in [0.15, 0.2) is 0 Å². The summed E-state index contributed by atoms with van der Waals surface area (Å²) in [6.45, 7) is 4.82. The summed E-state index contributed by atoms with van der Waals surface area (Å²) in [6.07, 6.45) is 4.18. The number of rotatable bonds is 5. The van der Waals surface area contributed by atoms with Gasteiger partial charge in [-0.3, -0.25) is 0 Å². The molecule has 0 saturated heterocycles. The van der Waals surface area contributed by atoms with Gasteiger partial charge in [0.25, 0.3) is 0 Å². The number of hydrogen-bond donors (Lipinski definition) is 1. The highest BCUT2D eigenvalue weighted by atomic mass is 32.2. The summed E-state index contributed by atoms with van der Waals surface area (Å²) >= 11 is 0. The summed E-state index contributed by atoms with van der Waals surface area (Å²) in [4.78, 5) is 0.424. The summed E-state index contributed by atoms with van der Waals surface area (Å²) in [6, 6.07) is 7.25. The molecule has 1 aliphatic carbocycles. The Bertz CT molecular complexity index is 571.